The van der Waals surface area contributed by atoms with E-state index in [1.54, 1.807) is 6.92 Å². The van der Waals surface area contributed by atoms with Gasteiger partial charge in [0.2, 0.25) is 10.0 Å². The zero-order chi connectivity index (χ0) is 18.4. The maximum absolute atomic E-state index is 12.5. The number of nitrogens with one attached hydrogen (secondary N) is 2. The lowest BCUT2D eigenvalue weighted by molar-refractivity contribution is 0.0939. The first-order chi connectivity index (χ1) is 11.9. The van der Waals surface area contributed by atoms with Gasteiger partial charge in [-0.3, -0.25) is 4.79 Å². The molecule has 0 fully saturated rings. The Balaban J connectivity index is 2.29. The zero-order valence-electron chi connectivity index (χ0n) is 14.4. The molecule has 2 rings (SSSR count). The summed E-state index contributed by atoms with van der Waals surface area (Å²) in [6.07, 6.45) is 0. The van der Waals surface area contributed by atoms with Gasteiger partial charge in [0.05, 0.1) is 13.2 Å². The van der Waals surface area contributed by atoms with Gasteiger partial charge in [0.1, 0.15) is 10.6 Å². The molecule has 0 aromatic heterocycles. The standard InChI is InChI=1S/C18H22N2O4S/c1-4-19-25(22,23)17-12-15(10-11-16(17)24-3)18(21)20-13(2)14-8-6-5-7-9-14/h5-13,19H,4H2,1-3H3,(H,20,21)/t13-/m0/s1. The number of carbonyl (C=O) groups excluding carboxylic acids is 1. The molecule has 0 aliphatic rings. The first-order valence-electron chi connectivity index (χ1n) is 7.92. The SMILES string of the molecule is CCNS(=O)(=O)c1cc(C(=O)N[C@@H](C)c2ccccc2)ccc1OC. The summed E-state index contributed by atoms with van der Waals surface area (Å²) in [7, 11) is -2.36. The molecule has 1 atom stereocenters. The zero-order valence-corrected chi connectivity index (χ0v) is 15.3. The predicted molar refractivity (Wildman–Crippen MR) is 96.2 cm³/mol. The summed E-state index contributed by atoms with van der Waals surface area (Å²) in [5.74, 6) is -0.166. The third-order valence-electron chi connectivity index (χ3n) is 3.70. The van der Waals surface area contributed by atoms with E-state index in [0.717, 1.165) is 5.56 Å². The quantitative estimate of drug-likeness (QED) is 0.792. The average Bonchev–Trinajstić information content (AvgIpc) is 2.61. The fraction of sp³-hybridized carbons (Fsp3) is 0.278. The molecule has 0 heterocycles. The van der Waals surface area contributed by atoms with Crippen molar-refractivity contribution in [1.82, 2.24) is 10.0 Å². The second kappa shape index (κ2) is 8.13. The highest BCUT2D eigenvalue weighted by atomic mass is 32.2. The van der Waals surface area contributed by atoms with Crippen LogP contribution in [0, 0.1) is 0 Å². The van der Waals surface area contributed by atoms with Gasteiger partial charge in [-0.1, -0.05) is 37.3 Å². The van der Waals surface area contributed by atoms with E-state index >= 15 is 0 Å². The molecule has 0 saturated heterocycles. The molecule has 6 nitrogen and oxygen atoms in total. The molecule has 25 heavy (non-hydrogen) atoms. The number of hydrogen-bond donors (Lipinski definition) is 2. The van der Waals surface area contributed by atoms with E-state index in [2.05, 4.69) is 10.0 Å². The van der Waals surface area contributed by atoms with Crippen molar-refractivity contribution in [2.24, 2.45) is 0 Å². The van der Waals surface area contributed by atoms with Crippen LogP contribution >= 0.6 is 0 Å². The van der Waals surface area contributed by atoms with E-state index in [1.165, 1.54) is 25.3 Å². The molecule has 0 unspecified atom stereocenters. The summed E-state index contributed by atoms with van der Waals surface area (Å²) < 4.78 is 32.1. The van der Waals surface area contributed by atoms with E-state index in [0.29, 0.717) is 0 Å². The normalized spacial score (nSPS) is 12.4. The molecule has 2 N–H and O–H groups in total. The number of benzene rings is 2. The summed E-state index contributed by atoms with van der Waals surface area (Å²) in [5, 5.41) is 2.87. The van der Waals surface area contributed by atoms with Crippen LogP contribution in [0.25, 0.3) is 0 Å². The van der Waals surface area contributed by atoms with Crippen LogP contribution in [0.2, 0.25) is 0 Å². The van der Waals surface area contributed by atoms with E-state index in [4.69, 9.17) is 4.74 Å². The maximum atomic E-state index is 12.5. The van der Waals surface area contributed by atoms with Crippen LogP contribution in [0.15, 0.2) is 53.4 Å². The third-order valence-corrected chi connectivity index (χ3v) is 5.26. The van der Waals surface area contributed by atoms with Crippen molar-refractivity contribution in [3.05, 3.63) is 59.7 Å². The summed E-state index contributed by atoms with van der Waals surface area (Å²) >= 11 is 0. The largest absolute Gasteiger partial charge is 0.495 e. The van der Waals surface area contributed by atoms with E-state index < -0.39 is 10.0 Å². The van der Waals surface area contributed by atoms with Crippen LogP contribution < -0.4 is 14.8 Å². The highest BCUT2D eigenvalue weighted by molar-refractivity contribution is 7.89. The van der Waals surface area contributed by atoms with Crippen molar-refractivity contribution in [3.63, 3.8) is 0 Å². The average molecular weight is 362 g/mol. The topological polar surface area (TPSA) is 84.5 Å². The van der Waals surface area contributed by atoms with Crippen LogP contribution in [0.5, 0.6) is 5.75 Å². The third kappa shape index (κ3) is 4.58. The number of rotatable bonds is 7. The van der Waals surface area contributed by atoms with E-state index in [-0.39, 0.29) is 34.7 Å². The van der Waals surface area contributed by atoms with Gasteiger partial charge in [-0.05, 0) is 30.7 Å². The number of ether oxygens (including phenoxy) is 1. The summed E-state index contributed by atoms with van der Waals surface area (Å²) in [6.45, 7) is 3.79. The number of amides is 1. The second-order valence-electron chi connectivity index (χ2n) is 5.47. The minimum Gasteiger partial charge on any atom is -0.495 e. The molecule has 0 saturated carbocycles. The Kier molecular flexibility index (Phi) is 6.17. The molecule has 0 aliphatic carbocycles. The Morgan fingerprint density at radius 1 is 1.16 bits per heavy atom. The van der Waals surface area contributed by atoms with Crippen LogP contribution in [-0.2, 0) is 10.0 Å². The van der Waals surface area contributed by atoms with Crippen molar-refractivity contribution in [2.75, 3.05) is 13.7 Å². The second-order valence-corrected chi connectivity index (χ2v) is 7.21. The van der Waals surface area contributed by atoms with Crippen molar-refractivity contribution < 1.29 is 17.9 Å². The van der Waals surface area contributed by atoms with Gasteiger partial charge in [0.25, 0.3) is 5.91 Å². The van der Waals surface area contributed by atoms with Crippen molar-refractivity contribution >= 4 is 15.9 Å². The molecular formula is C18H22N2O4S. The van der Waals surface area contributed by atoms with Crippen LogP contribution in [-0.4, -0.2) is 28.0 Å². The number of sulfonamides is 1. The number of hydrogen-bond acceptors (Lipinski definition) is 4. The summed E-state index contributed by atoms with van der Waals surface area (Å²) in [6, 6.07) is 13.7. The molecule has 0 bridgehead atoms. The van der Waals surface area contributed by atoms with Crippen molar-refractivity contribution in [3.8, 4) is 5.75 Å². The van der Waals surface area contributed by atoms with Crippen LogP contribution in [0.3, 0.4) is 0 Å². The van der Waals surface area contributed by atoms with Crippen LogP contribution in [0.4, 0.5) is 0 Å². The van der Waals surface area contributed by atoms with Crippen LogP contribution in [0.1, 0.15) is 35.8 Å². The maximum Gasteiger partial charge on any atom is 0.251 e. The van der Waals surface area contributed by atoms with E-state index in [1.807, 2.05) is 37.3 Å². The summed E-state index contributed by atoms with van der Waals surface area (Å²) in [5.41, 5.74) is 1.21. The molecule has 1 amide bonds. The predicted octanol–water partition coefficient (Wildman–Crippen LogP) is 2.48. The molecule has 0 aliphatic heterocycles. The lowest BCUT2D eigenvalue weighted by Crippen LogP contribution is -2.28. The fourth-order valence-corrected chi connectivity index (χ4v) is 3.63. The first kappa shape index (κ1) is 19.0. The summed E-state index contributed by atoms with van der Waals surface area (Å²) in [4.78, 5) is 12.4. The lowest BCUT2D eigenvalue weighted by atomic mass is 10.1. The van der Waals surface area contributed by atoms with Gasteiger partial charge in [-0.2, -0.15) is 0 Å². The lowest BCUT2D eigenvalue weighted by Gasteiger charge is -2.16. The van der Waals surface area contributed by atoms with Crippen molar-refractivity contribution in [2.45, 2.75) is 24.8 Å². The van der Waals surface area contributed by atoms with Gasteiger partial charge >= 0.3 is 0 Å². The minimum absolute atomic E-state index is 0.0585. The fourth-order valence-electron chi connectivity index (χ4n) is 2.40. The van der Waals surface area contributed by atoms with Gasteiger partial charge in [-0.15, -0.1) is 0 Å². The highest BCUT2D eigenvalue weighted by Gasteiger charge is 2.21. The smallest absolute Gasteiger partial charge is 0.251 e. The van der Waals surface area contributed by atoms with Gasteiger partial charge in [0.15, 0.2) is 0 Å². The Labute approximate surface area is 148 Å². The minimum atomic E-state index is -3.74. The van der Waals surface area contributed by atoms with E-state index in [9.17, 15) is 13.2 Å². The molecule has 7 heteroatoms. The molecule has 0 radical (unpaired) electrons. The Morgan fingerprint density at radius 2 is 1.84 bits per heavy atom. The van der Waals surface area contributed by atoms with Gasteiger partial charge in [0, 0.05) is 12.1 Å². The molecule has 2 aromatic rings. The Hall–Kier alpha value is -2.38. The molecule has 2 aromatic carbocycles. The Morgan fingerprint density at radius 3 is 2.44 bits per heavy atom. The highest BCUT2D eigenvalue weighted by Crippen LogP contribution is 2.25. The number of carbonyl (C=O) groups is 1. The molecule has 0 spiro atoms. The van der Waals surface area contributed by atoms with Gasteiger partial charge in [-0.25, -0.2) is 13.1 Å². The monoisotopic (exact) mass is 362 g/mol. The van der Waals surface area contributed by atoms with Crippen molar-refractivity contribution in [1.29, 1.82) is 0 Å². The Bertz CT molecular complexity index is 835. The first-order valence-corrected chi connectivity index (χ1v) is 9.41. The molecule has 134 valence electrons. The number of methoxy groups -OCH3 is 1. The van der Waals surface area contributed by atoms with Gasteiger partial charge < -0.3 is 10.1 Å². The molecular weight excluding hydrogens is 340 g/mol.